The normalized spacial score (nSPS) is 27.8. The van der Waals surface area contributed by atoms with Gasteiger partial charge in [-0.05, 0) is 32.2 Å². The van der Waals surface area contributed by atoms with Crippen molar-refractivity contribution in [2.45, 2.75) is 44.2 Å². The van der Waals surface area contributed by atoms with Crippen LogP contribution in [0.2, 0.25) is 0 Å². The number of nitrogens with two attached hydrogens (primary N) is 1. The zero-order valence-corrected chi connectivity index (χ0v) is 7.83. The highest BCUT2D eigenvalue weighted by Crippen LogP contribution is 2.16. The Morgan fingerprint density at radius 2 is 2.31 bits per heavy atom. The highest BCUT2D eigenvalue weighted by Gasteiger charge is 2.20. The average Bonchev–Trinajstić information content (AvgIpc) is 2.45. The molecule has 0 radical (unpaired) electrons. The number of carboxylic acid groups (broad SMARTS) is 1. The van der Waals surface area contributed by atoms with Crippen LogP contribution in [0, 0.1) is 0 Å². The van der Waals surface area contributed by atoms with E-state index in [0.717, 1.165) is 25.8 Å². The van der Waals surface area contributed by atoms with E-state index < -0.39 is 5.97 Å². The fourth-order valence-corrected chi connectivity index (χ4v) is 1.75. The second kappa shape index (κ2) is 5.19. The van der Waals surface area contributed by atoms with Gasteiger partial charge >= 0.3 is 5.97 Å². The van der Waals surface area contributed by atoms with Gasteiger partial charge in [-0.25, -0.2) is 0 Å². The van der Waals surface area contributed by atoms with E-state index in [1.165, 1.54) is 0 Å². The molecule has 76 valence electrons. The van der Waals surface area contributed by atoms with Crippen LogP contribution in [0.5, 0.6) is 0 Å². The van der Waals surface area contributed by atoms with Gasteiger partial charge in [0.2, 0.25) is 0 Å². The molecule has 1 aliphatic rings. The van der Waals surface area contributed by atoms with Gasteiger partial charge < -0.3 is 16.2 Å². The molecule has 4 N–H and O–H groups in total. The summed E-state index contributed by atoms with van der Waals surface area (Å²) in [6.07, 6.45) is 4.23. The number of hydrogen-bond acceptors (Lipinski definition) is 3. The van der Waals surface area contributed by atoms with Crippen LogP contribution in [0.3, 0.4) is 0 Å². The van der Waals surface area contributed by atoms with Crippen molar-refractivity contribution in [1.29, 1.82) is 0 Å². The smallest absolute Gasteiger partial charge is 0.303 e. The lowest BCUT2D eigenvalue weighted by Gasteiger charge is -2.10. The molecular formula is C9H18N2O2. The first kappa shape index (κ1) is 10.5. The molecule has 13 heavy (non-hydrogen) atoms. The van der Waals surface area contributed by atoms with Gasteiger partial charge in [-0.1, -0.05) is 0 Å². The number of rotatable bonds is 5. The van der Waals surface area contributed by atoms with Crippen LogP contribution in [0.15, 0.2) is 0 Å². The van der Waals surface area contributed by atoms with Gasteiger partial charge in [0.1, 0.15) is 0 Å². The van der Waals surface area contributed by atoms with E-state index in [4.69, 9.17) is 10.8 Å². The molecule has 1 fully saturated rings. The largest absolute Gasteiger partial charge is 0.481 e. The molecule has 1 saturated carbocycles. The summed E-state index contributed by atoms with van der Waals surface area (Å²) in [6, 6.07) is 0.862. The third-order valence-corrected chi connectivity index (χ3v) is 2.47. The van der Waals surface area contributed by atoms with Crippen LogP contribution in [-0.2, 0) is 4.79 Å². The molecule has 2 unspecified atom stereocenters. The van der Waals surface area contributed by atoms with Crippen molar-refractivity contribution >= 4 is 5.97 Å². The van der Waals surface area contributed by atoms with Crippen LogP contribution >= 0.6 is 0 Å². The van der Waals surface area contributed by atoms with E-state index in [0.29, 0.717) is 18.5 Å². The van der Waals surface area contributed by atoms with Crippen LogP contribution in [-0.4, -0.2) is 29.7 Å². The van der Waals surface area contributed by atoms with Crippen LogP contribution in [0.1, 0.15) is 32.1 Å². The molecule has 0 bridgehead atoms. The lowest BCUT2D eigenvalue weighted by molar-refractivity contribution is -0.137. The Labute approximate surface area is 78.5 Å². The first-order chi connectivity index (χ1) is 6.18. The zero-order chi connectivity index (χ0) is 9.68. The molecule has 2 atom stereocenters. The van der Waals surface area contributed by atoms with Gasteiger partial charge in [0, 0.05) is 18.5 Å². The number of carboxylic acids is 1. The summed E-state index contributed by atoms with van der Waals surface area (Å²) in [5, 5.41) is 11.7. The van der Waals surface area contributed by atoms with Crippen molar-refractivity contribution in [1.82, 2.24) is 5.32 Å². The van der Waals surface area contributed by atoms with E-state index in [2.05, 4.69) is 5.32 Å². The van der Waals surface area contributed by atoms with E-state index in [1.54, 1.807) is 0 Å². The summed E-state index contributed by atoms with van der Waals surface area (Å²) in [5.41, 5.74) is 5.74. The van der Waals surface area contributed by atoms with Crippen LogP contribution < -0.4 is 11.1 Å². The summed E-state index contributed by atoms with van der Waals surface area (Å²) in [7, 11) is 0. The molecular weight excluding hydrogens is 168 g/mol. The molecule has 0 heterocycles. The first-order valence-corrected chi connectivity index (χ1v) is 4.89. The Hall–Kier alpha value is -0.610. The quantitative estimate of drug-likeness (QED) is 0.540. The van der Waals surface area contributed by atoms with Crippen molar-refractivity contribution < 1.29 is 9.90 Å². The predicted octanol–water partition coefficient (Wildman–Crippen LogP) is 0.321. The van der Waals surface area contributed by atoms with Gasteiger partial charge in [-0.15, -0.1) is 0 Å². The third kappa shape index (κ3) is 4.24. The van der Waals surface area contributed by atoms with Crippen molar-refractivity contribution in [3.05, 3.63) is 0 Å². The van der Waals surface area contributed by atoms with Crippen molar-refractivity contribution in [3.8, 4) is 0 Å². The fraction of sp³-hybridized carbons (Fsp3) is 0.889. The van der Waals surface area contributed by atoms with Gasteiger partial charge in [0.15, 0.2) is 0 Å². The molecule has 0 aromatic heterocycles. The third-order valence-electron chi connectivity index (χ3n) is 2.47. The zero-order valence-electron chi connectivity index (χ0n) is 7.83. The minimum absolute atomic E-state index is 0.256. The van der Waals surface area contributed by atoms with Crippen LogP contribution in [0.4, 0.5) is 0 Å². The molecule has 0 aromatic rings. The first-order valence-electron chi connectivity index (χ1n) is 4.89. The highest BCUT2D eigenvalue weighted by atomic mass is 16.4. The number of nitrogens with one attached hydrogen (secondary N) is 1. The Bertz CT molecular complexity index is 173. The monoisotopic (exact) mass is 186 g/mol. The molecule has 1 rings (SSSR count). The highest BCUT2D eigenvalue weighted by molar-refractivity contribution is 5.66. The van der Waals surface area contributed by atoms with E-state index >= 15 is 0 Å². The molecule has 0 aliphatic heterocycles. The Morgan fingerprint density at radius 3 is 2.85 bits per heavy atom. The second-order valence-electron chi connectivity index (χ2n) is 3.72. The second-order valence-corrected chi connectivity index (χ2v) is 3.72. The van der Waals surface area contributed by atoms with E-state index in [-0.39, 0.29) is 6.42 Å². The van der Waals surface area contributed by atoms with Gasteiger partial charge in [0.25, 0.3) is 0 Å². The van der Waals surface area contributed by atoms with Gasteiger partial charge in [-0.2, -0.15) is 0 Å². The van der Waals surface area contributed by atoms with Gasteiger partial charge in [0.05, 0.1) is 0 Å². The maximum Gasteiger partial charge on any atom is 0.303 e. The number of aliphatic carboxylic acids is 1. The Morgan fingerprint density at radius 1 is 1.54 bits per heavy atom. The molecule has 0 saturated heterocycles. The van der Waals surface area contributed by atoms with E-state index in [9.17, 15) is 4.79 Å². The van der Waals surface area contributed by atoms with Gasteiger partial charge in [-0.3, -0.25) is 4.79 Å². The summed E-state index contributed by atoms with van der Waals surface area (Å²) in [4.78, 5) is 10.2. The summed E-state index contributed by atoms with van der Waals surface area (Å²) in [5.74, 6) is -0.718. The molecule has 0 amide bonds. The lowest BCUT2D eigenvalue weighted by atomic mass is 10.2. The molecule has 0 spiro atoms. The molecule has 4 nitrogen and oxygen atoms in total. The minimum atomic E-state index is -0.718. The van der Waals surface area contributed by atoms with Crippen molar-refractivity contribution in [2.75, 3.05) is 6.54 Å². The topological polar surface area (TPSA) is 75.3 Å². The number of hydrogen-bond donors (Lipinski definition) is 3. The van der Waals surface area contributed by atoms with Crippen molar-refractivity contribution in [3.63, 3.8) is 0 Å². The SMILES string of the molecule is NC1CCC(NCCCC(=O)O)C1. The molecule has 4 heteroatoms. The number of carbonyl (C=O) groups is 1. The summed E-state index contributed by atoms with van der Waals surface area (Å²) < 4.78 is 0. The van der Waals surface area contributed by atoms with Crippen molar-refractivity contribution in [2.24, 2.45) is 5.73 Å². The minimum Gasteiger partial charge on any atom is -0.481 e. The maximum atomic E-state index is 10.2. The summed E-state index contributed by atoms with van der Waals surface area (Å²) in [6.45, 7) is 0.795. The molecule has 1 aliphatic carbocycles. The van der Waals surface area contributed by atoms with E-state index in [1.807, 2.05) is 0 Å². The Kier molecular flexibility index (Phi) is 4.18. The fourth-order valence-electron chi connectivity index (χ4n) is 1.75. The standard InChI is InChI=1S/C9H18N2O2/c10-7-3-4-8(6-7)11-5-1-2-9(12)13/h7-8,11H,1-6,10H2,(H,12,13). The van der Waals surface area contributed by atoms with Crippen LogP contribution in [0.25, 0.3) is 0 Å². The Balaban J connectivity index is 1.97. The lowest BCUT2D eigenvalue weighted by Crippen LogP contribution is -2.29. The maximum absolute atomic E-state index is 10.2. The average molecular weight is 186 g/mol. The predicted molar refractivity (Wildman–Crippen MR) is 50.5 cm³/mol. The molecule has 0 aromatic carbocycles. The summed E-state index contributed by atoms with van der Waals surface area (Å²) >= 11 is 0.